The predicted molar refractivity (Wildman–Crippen MR) is 99.1 cm³/mol. The maximum atomic E-state index is 12.4. The van der Waals surface area contributed by atoms with Gasteiger partial charge in [0.2, 0.25) is 5.91 Å². The van der Waals surface area contributed by atoms with Crippen LogP contribution in [0.2, 0.25) is 0 Å². The first-order valence-corrected chi connectivity index (χ1v) is 10.5. The van der Waals surface area contributed by atoms with Gasteiger partial charge >= 0.3 is 0 Å². The largest absolute Gasteiger partial charge is 0.351 e. The van der Waals surface area contributed by atoms with Crippen LogP contribution in [0.3, 0.4) is 0 Å². The van der Waals surface area contributed by atoms with Crippen LogP contribution in [0.4, 0.5) is 0 Å². The summed E-state index contributed by atoms with van der Waals surface area (Å²) in [5, 5.41) is 3.33. The van der Waals surface area contributed by atoms with E-state index in [2.05, 4.69) is 15.1 Å². The van der Waals surface area contributed by atoms with Crippen LogP contribution in [0, 0.1) is 5.92 Å². The fourth-order valence-electron chi connectivity index (χ4n) is 4.84. The van der Waals surface area contributed by atoms with E-state index < -0.39 is 0 Å². The van der Waals surface area contributed by atoms with Crippen molar-refractivity contribution in [2.24, 2.45) is 5.92 Å². The quantitative estimate of drug-likeness (QED) is 0.839. The number of hydrogen-bond acceptors (Lipinski definition) is 3. The number of nitrogens with zero attached hydrogens (tertiary/aromatic N) is 2. The number of piperidine rings is 1. The number of carbonyl (C=O) groups excluding carboxylic acids is 1. The standard InChI is InChI=1S/C20H37N3O/c24-20(17-22-12-6-1-2-7-13-22)21-19-11-8-14-23(16-19)15-18-9-4-3-5-10-18/h18-19H,1-17H2,(H,21,24). The Morgan fingerprint density at radius 2 is 1.46 bits per heavy atom. The molecule has 0 spiro atoms. The van der Waals surface area contributed by atoms with Gasteiger partial charge in [-0.05, 0) is 64.1 Å². The molecule has 2 saturated heterocycles. The van der Waals surface area contributed by atoms with Gasteiger partial charge in [0.1, 0.15) is 0 Å². The highest BCUT2D eigenvalue weighted by molar-refractivity contribution is 5.78. The van der Waals surface area contributed by atoms with E-state index in [1.165, 1.54) is 77.3 Å². The average Bonchev–Trinajstić information content (AvgIpc) is 2.84. The van der Waals surface area contributed by atoms with Gasteiger partial charge in [-0.1, -0.05) is 32.1 Å². The molecule has 1 unspecified atom stereocenters. The van der Waals surface area contributed by atoms with Crippen LogP contribution in [0.25, 0.3) is 0 Å². The number of carbonyl (C=O) groups is 1. The van der Waals surface area contributed by atoms with Crippen molar-refractivity contribution in [3.63, 3.8) is 0 Å². The molecule has 2 heterocycles. The molecule has 2 aliphatic heterocycles. The first-order chi connectivity index (χ1) is 11.8. The molecule has 3 aliphatic rings. The molecule has 138 valence electrons. The number of hydrogen-bond donors (Lipinski definition) is 1. The summed E-state index contributed by atoms with van der Waals surface area (Å²) in [7, 11) is 0. The highest BCUT2D eigenvalue weighted by Crippen LogP contribution is 2.25. The van der Waals surface area contributed by atoms with Gasteiger partial charge in [0.25, 0.3) is 0 Å². The molecule has 4 heteroatoms. The Bertz CT molecular complexity index is 373. The van der Waals surface area contributed by atoms with E-state index in [0.717, 1.165) is 32.0 Å². The molecule has 1 N–H and O–H groups in total. The summed E-state index contributed by atoms with van der Waals surface area (Å²) < 4.78 is 0. The lowest BCUT2D eigenvalue weighted by Crippen LogP contribution is -2.51. The molecule has 0 aromatic carbocycles. The van der Waals surface area contributed by atoms with Crippen molar-refractivity contribution in [1.82, 2.24) is 15.1 Å². The predicted octanol–water partition coefficient (Wildman–Crippen LogP) is 3.02. The number of rotatable bonds is 5. The Balaban J connectivity index is 1.38. The van der Waals surface area contributed by atoms with Gasteiger partial charge in [0.05, 0.1) is 6.54 Å². The van der Waals surface area contributed by atoms with E-state index in [9.17, 15) is 4.79 Å². The first-order valence-electron chi connectivity index (χ1n) is 10.5. The second-order valence-corrected chi connectivity index (χ2v) is 8.36. The minimum absolute atomic E-state index is 0.251. The Labute approximate surface area is 148 Å². The highest BCUT2D eigenvalue weighted by atomic mass is 16.2. The van der Waals surface area contributed by atoms with Crippen LogP contribution in [-0.4, -0.2) is 61.0 Å². The van der Waals surface area contributed by atoms with Gasteiger partial charge in [-0.15, -0.1) is 0 Å². The van der Waals surface area contributed by atoms with Crippen LogP contribution in [0.15, 0.2) is 0 Å². The van der Waals surface area contributed by atoms with Crippen molar-refractivity contribution < 1.29 is 4.79 Å². The number of likely N-dealkylation sites (tertiary alicyclic amines) is 2. The summed E-state index contributed by atoms with van der Waals surface area (Å²) in [4.78, 5) is 17.4. The zero-order valence-corrected chi connectivity index (χ0v) is 15.5. The van der Waals surface area contributed by atoms with E-state index in [1.54, 1.807) is 0 Å². The van der Waals surface area contributed by atoms with E-state index in [4.69, 9.17) is 0 Å². The molecular weight excluding hydrogens is 298 g/mol. The summed E-state index contributed by atoms with van der Waals surface area (Å²) in [6, 6.07) is 0.377. The lowest BCUT2D eigenvalue weighted by molar-refractivity contribution is -0.123. The average molecular weight is 336 g/mol. The molecule has 1 atom stereocenters. The Morgan fingerprint density at radius 3 is 2.21 bits per heavy atom. The fraction of sp³-hybridized carbons (Fsp3) is 0.950. The lowest BCUT2D eigenvalue weighted by atomic mass is 9.88. The molecular formula is C20H37N3O. The molecule has 24 heavy (non-hydrogen) atoms. The summed E-state index contributed by atoms with van der Waals surface area (Å²) in [5.41, 5.74) is 0. The zero-order chi connectivity index (χ0) is 16.6. The number of amides is 1. The van der Waals surface area contributed by atoms with Crippen LogP contribution in [0.1, 0.15) is 70.6 Å². The normalized spacial score (nSPS) is 28.4. The topological polar surface area (TPSA) is 35.6 Å². The summed E-state index contributed by atoms with van der Waals surface area (Å²) in [6.45, 7) is 6.38. The third-order valence-corrected chi connectivity index (χ3v) is 6.18. The third kappa shape index (κ3) is 6.03. The fourth-order valence-corrected chi connectivity index (χ4v) is 4.84. The molecule has 4 nitrogen and oxygen atoms in total. The van der Waals surface area contributed by atoms with Crippen molar-refractivity contribution >= 4 is 5.91 Å². The van der Waals surface area contributed by atoms with Crippen molar-refractivity contribution in [1.29, 1.82) is 0 Å². The van der Waals surface area contributed by atoms with Gasteiger partial charge in [0.15, 0.2) is 0 Å². The molecule has 0 aromatic heterocycles. The van der Waals surface area contributed by atoms with Gasteiger partial charge < -0.3 is 10.2 Å². The van der Waals surface area contributed by atoms with E-state index in [1.807, 2.05) is 0 Å². The molecule has 1 aliphatic carbocycles. The van der Waals surface area contributed by atoms with Crippen LogP contribution in [0.5, 0.6) is 0 Å². The minimum atomic E-state index is 0.251. The van der Waals surface area contributed by atoms with Gasteiger partial charge in [-0.25, -0.2) is 0 Å². The van der Waals surface area contributed by atoms with Crippen molar-refractivity contribution in [3.05, 3.63) is 0 Å². The maximum Gasteiger partial charge on any atom is 0.234 e. The Morgan fingerprint density at radius 1 is 0.792 bits per heavy atom. The Hall–Kier alpha value is -0.610. The number of nitrogens with one attached hydrogen (secondary N) is 1. The van der Waals surface area contributed by atoms with E-state index in [-0.39, 0.29) is 5.91 Å². The third-order valence-electron chi connectivity index (χ3n) is 6.18. The summed E-state index contributed by atoms with van der Waals surface area (Å²) in [6.07, 6.45) is 14.7. The van der Waals surface area contributed by atoms with Crippen LogP contribution < -0.4 is 5.32 Å². The highest BCUT2D eigenvalue weighted by Gasteiger charge is 2.25. The van der Waals surface area contributed by atoms with Gasteiger partial charge in [-0.3, -0.25) is 9.69 Å². The maximum absolute atomic E-state index is 12.4. The van der Waals surface area contributed by atoms with Gasteiger partial charge in [-0.2, -0.15) is 0 Å². The molecule has 0 aromatic rings. The second kappa shape index (κ2) is 9.76. The van der Waals surface area contributed by atoms with Gasteiger partial charge in [0, 0.05) is 19.1 Å². The SMILES string of the molecule is O=C(CN1CCCCCC1)NC1CCCN(CC2CCCCC2)C1. The van der Waals surface area contributed by atoms with E-state index >= 15 is 0 Å². The van der Waals surface area contributed by atoms with Crippen molar-refractivity contribution in [3.8, 4) is 0 Å². The van der Waals surface area contributed by atoms with E-state index in [0.29, 0.717) is 12.6 Å². The minimum Gasteiger partial charge on any atom is -0.351 e. The lowest BCUT2D eigenvalue weighted by Gasteiger charge is -2.36. The zero-order valence-electron chi connectivity index (χ0n) is 15.5. The molecule has 1 amide bonds. The van der Waals surface area contributed by atoms with Crippen LogP contribution >= 0.6 is 0 Å². The molecule has 0 bridgehead atoms. The monoisotopic (exact) mass is 335 g/mol. The van der Waals surface area contributed by atoms with Crippen LogP contribution in [-0.2, 0) is 4.79 Å². The summed E-state index contributed by atoms with van der Waals surface area (Å²) in [5.74, 6) is 1.16. The Kier molecular flexibility index (Phi) is 7.40. The first kappa shape index (κ1) is 18.2. The second-order valence-electron chi connectivity index (χ2n) is 8.36. The summed E-state index contributed by atoms with van der Waals surface area (Å²) >= 11 is 0. The molecule has 0 radical (unpaired) electrons. The molecule has 3 fully saturated rings. The molecule has 1 saturated carbocycles. The molecule has 3 rings (SSSR count). The smallest absolute Gasteiger partial charge is 0.234 e. The van der Waals surface area contributed by atoms with Crippen molar-refractivity contribution in [2.45, 2.75) is 76.7 Å². The van der Waals surface area contributed by atoms with Crippen molar-refractivity contribution in [2.75, 3.05) is 39.3 Å².